The maximum atomic E-state index is 10.5. The molecule has 0 aromatic carbocycles. The van der Waals surface area contributed by atoms with Gasteiger partial charge in [0.2, 0.25) is 0 Å². The topological polar surface area (TPSA) is 96.3 Å². The Balaban J connectivity index is 0. The van der Waals surface area contributed by atoms with E-state index >= 15 is 0 Å². The molecule has 2 N–H and O–H groups in total. The Morgan fingerprint density at radius 1 is 0.905 bits per heavy atom. The molecule has 21 heavy (non-hydrogen) atoms. The van der Waals surface area contributed by atoms with E-state index in [0.29, 0.717) is 19.8 Å². The Bertz CT molecular complexity index is 244. The predicted molar refractivity (Wildman–Crippen MR) is 79.6 cm³/mol. The SMILES string of the molecule is CC.CCCCOCCOCCN(CC(=O)O)CC(=O)O. The Labute approximate surface area is 126 Å². The van der Waals surface area contributed by atoms with Crippen molar-refractivity contribution in [1.29, 1.82) is 0 Å². The summed E-state index contributed by atoms with van der Waals surface area (Å²) in [6, 6.07) is 0. The number of rotatable bonds is 13. The molecule has 0 aliphatic rings. The lowest BCUT2D eigenvalue weighted by molar-refractivity contribution is -0.142. The normalized spacial score (nSPS) is 10.1. The number of carboxylic acid groups (broad SMARTS) is 2. The van der Waals surface area contributed by atoms with Crippen LogP contribution in [0.5, 0.6) is 0 Å². The van der Waals surface area contributed by atoms with E-state index < -0.39 is 11.9 Å². The van der Waals surface area contributed by atoms with Gasteiger partial charge in [0, 0.05) is 13.2 Å². The third-order valence-corrected chi connectivity index (χ3v) is 2.28. The first kappa shape index (κ1) is 22.1. The minimum absolute atomic E-state index is 0.271. The van der Waals surface area contributed by atoms with Gasteiger partial charge in [-0.2, -0.15) is 0 Å². The first-order valence-electron chi connectivity index (χ1n) is 7.37. The number of aliphatic carboxylic acids is 2. The van der Waals surface area contributed by atoms with Crippen LogP contribution in [-0.4, -0.2) is 73.1 Å². The van der Waals surface area contributed by atoms with Crippen molar-refractivity contribution in [2.45, 2.75) is 33.6 Å². The highest BCUT2D eigenvalue weighted by Crippen LogP contribution is 1.91. The number of hydrogen-bond donors (Lipinski definition) is 2. The number of nitrogens with zero attached hydrogens (tertiary/aromatic N) is 1. The largest absolute Gasteiger partial charge is 0.480 e. The summed E-state index contributed by atoms with van der Waals surface area (Å²) in [4.78, 5) is 22.4. The summed E-state index contributed by atoms with van der Waals surface area (Å²) >= 11 is 0. The van der Waals surface area contributed by atoms with Crippen LogP contribution in [0, 0.1) is 0 Å². The molecule has 0 radical (unpaired) electrons. The zero-order valence-corrected chi connectivity index (χ0v) is 13.3. The molecule has 126 valence electrons. The smallest absolute Gasteiger partial charge is 0.317 e. The lowest BCUT2D eigenvalue weighted by Crippen LogP contribution is -2.37. The molecule has 0 bridgehead atoms. The molecule has 0 aromatic heterocycles. The molecular weight excluding hydrogens is 278 g/mol. The Hall–Kier alpha value is -1.18. The summed E-state index contributed by atoms with van der Waals surface area (Å²) in [6.45, 7) is 7.68. The van der Waals surface area contributed by atoms with E-state index in [1.54, 1.807) is 0 Å². The third kappa shape index (κ3) is 18.8. The minimum atomic E-state index is -1.05. The molecule has 0 aliphatic carbocycles. The van der Waals surface area contributed by atoms with E-state index in [0.717, 1.165) is 12.8 Å². The van der Waals surface area contributed by atoms with Crippen molar-refractivity contribution in [2.24, 2.45) is 0 Å². The fourth-order valence-electron chi connectivity index (χ4n) is 1.36. The molecule has 0 saturated carbocycles. The summed E-state index contributed by atoms with van der Waals surface area (Å²) in [5, 5.41) is 17.2. The van der Waals surface area contributed by atoms with Crippen LogP contribution in [0.3, 0.4) is 0 Å². The average molecular weight is 307 g/mol. The minimum Gasteiger partial charge on any atom is -0.480 e. The van der Waals surface area contributed by atoms with Crippen LogP contribution in [0.2, 0.25) is 0 Å². The van der Waals surface area contributed by atoms with Crippen molar-refractivity contribution >= 4 is 11.9 Å². The van der Waals surface area contributed by atoms with Crippen LogP contribution in [0.25, 0.3) is 0 Å². The monoisotopic (exact) mass is 307 g/mol. The Morgan fingerprint density at radius 2 is 1.38 bits per heavy atom. The Kier molecular flexibility index (Phi) is 17.8. The second-order valence-electron chi connectivity index (χ2n) is 4.08. The summed E-state index contributed by atoms with van der Waals surface area (Å²) in [5.41, 5.74) is 0. The second kappa shape index (κ2) is 16.9. The van der Waals surface area contributed by atoms with Crippen molar-refractivity contribution in [2.75, 3.05) is 46.1 Å². The van der Waals surface area contributed by atoms with Crippen LogP contribution in [0.4, 0.5) is 0 Å². The number of unbranched alkanes of at least 4 members (excludes halogenated alkanes) is 1. The summed E-state index contributed by atoms with van der Waals surface area (Å²) in [6.07, 6.45) is 2.10. The van der Waals surface area contributed by atoms with Gasteiger partial charge >= 0.3 is 11.9 Å². The van der Waals surface area contributed by atoms with Crippen LogP contribution in [0.15, 0.2) is 0 Å². The average Bonchev–Trinajstić information content (AvgIpc) is 2.42. The van der Waals surface area contributed by atoms with E-state index in [2.05, 4.69) is 6.92 Å². The number of carboxylic acids is 2. The molecule has 0 atom stereocenters. The van der Waals surface area contributed by atoms with Gasteiger partial charge < -0.3 is 19.7 Å². The van der Waals surface area contributed by atoms with E-state index in [1.807, 2.05) is 13.8 Å². The predicted octanol–water partition coefficient (Wildman–Crippen LogP) is 1.32. The number of carbonyl (C=O) groups is 2. The van der Waals surface area contributed by atoms with Crippen molar-refractivity contribution in [3.63, 3.8) is 0 Å². The van der Waals surface area contributed by atoms with E-state index in [-0.39, 0.29) is 26.2 Å². The third-order valence-electron chi connectivity index (χ3n) is 2.28. The van der Waals surface area contributed by atoms with E-state index in [4.69, 9.17) is 19.7 Å². The van der Waals surface area contributed by atoms with Gasteiger partial charge in [0.1, 0.15) is 0 Å². The molecule has 0 unspecified atom stereocenters. The van der Waals surface area contributed by atoms with Gasteiger partial charge in [-0.25, -0.2) is 0 Å². The molecule has 0 spiro atoms. The molecule has 0 aliphatic heterocycles. The highest BCUT2D eigenvalue weighted by Gasteiger charge is 2.12. The highest BCUT2D eigenvalue weighted by atomic mass is 16.5. The highest BCUT2D eigenvalue weighted by molar-refractivity contribution is 5.72. The van der Waals surface area contributed by atoms with Gasteiger partial charge in [-0.1, -0.05) is 27.2 Å². The molecule has 0 saturated heterocycles. The molecule has 0 fully saturated rings. The fraction of sp³-hybridized carbons (Fsp3) is 0.857. The molecule has 0 amide bonds. The zero-order valence-electron chi connectivity index (χ0n) is 13.3. The lowest BCUT2D eigenvalue weighted by atomic mass is 10.4. The molecule has 7 heteroatoms. The lowest BCUT2D eigenvalue weighted by Gasteiger charge is -2.17. The maximum Gasteiger partial charge on any atom is 0.317 e. The second-order valence-corrected chi connectivity index (χ2v) is 4.08. The molecule has 0 heterocycles. The van der Waals surface area contributed by atoms with Crippen molar-refractivity contribution < 1.29 is 29.3 Å². The van der Waals surface area contributed by atoms with Gasteiger partial charge in [0.25, 0.3) is 0 Å². The molecular formula is C14H29NO6. The quantitative estimate of drug-likeness (QED) is 0.495. The van der Waals surface area contributed by atoms with Crippen molar-refractivity contribution in [3.8, 4) is 0 Å². The van der Waals surface area contributed by atoms with E-state index in [1.165, 1.54) is 4.90 Å². The van der Waals surface area contributed by atoms with Gasteiger partial charge in [0.05, 0.1) is 32.9 Å². The van der Waals surface area contributed by atoms with Crippen LogP contribution >= 0.6 is 0 Å². The molecule has 0 aromatic rings. The summed E-state index contributed by atoms with van der Waals surface area (Å²) < 4.78 is 10.5. The van der Waals surface area contributed by atoms with Gasteiger partial charge in [0.15, 0.2) is 0 Å². The molecule has 0 rings (SSSR count). The number of ether oxygens (including phenoxy) is 2. The van der Waals surface area contributed by atoms with Crippen LogP contribution in [0.1, 0.15) is 33.6 Å². The zero-order chi connectivity index (χ0) is 16.5. The van der Waals surface area contributed by atoms with Gasteiger partial charge in [-0.15, -0.1) is 0 Å². The maximum absolute atomic E-state index is 10.5. The first-order valence-corrected chi connectivity index (χ1v) is 7.37. The first-order chi connectivity index (χ1) is 10.1. The van der Waals surface area contributed by atoms with Crippen LogP contribution < -0.4 is 0 Å². The van der Waals surface area contributed by atoms with Crippen LogP contribution in [-0.2, 0) is 19.1 Å². The summed E-state index contributed by atoms with van der Waals surface area (Å²) in [7, 11) is 0. The molecule has 7 nitrogen and oxygen atoms in total. The number of hydrogen-bond acceptors (Lipinski definition) is 5. The van der Waals surface area contributed by atoms with Gasteiger partial charge in [-0.05, 0) is 6.42 Å². The van der Waals surface area contributed by atoms with Crippen molar-refractivity contribution in [3.05, 3.63) is 0 Å². The summed E-state index contributed by atoms with van der Waals surface area (Å²) in [5.74, 6) is -2.10. The van der Waals surface area contributed by atoms with E-state index in [9.17, 15) is 9.59 Å². The fourth-order valence-corrected chi connectivity index (χ4v) is 1.36. The van der Waals surface area contributed by atoms with Crippen molar-refractivity contribution in [1.82, 2.24) is 4.90 Å². The van der Waals surface area contributed by atoms with Gasteiger partial charge in [-0.3, -0.25) is 14.5 Å². The Morgan fingerprint density at radius 3 is 1.81 bits per heavy atom. The standard InChI is InChI=1S/C12H23NO6.C2H6/c1-2-3-5-18-7-8-19-6-4-13(9-11(14)15)10-12(16)17;1-2/h2-10H2,1H3,(H,14,15)(H,16,17);1-2H3.